The first-order valence-electron chi connectivity index (χ1n) is 12.1. The molecule has 0 atom stereocenters. The second-order valence-corrected chi connectivity index (χ2v) is 10.6. The quantitative estimate of drug-likeness (QED) is 0.296. The predicted octanol–water partition coefficient (Wildman–Crippen LogP) is 6.17. The number of rotatable bonds is 6. The van der Waals surface area contributed by atoms with Crippen molar-refractivity contribution in [3.63, 3.8) is 0 Å². The maximum Gasteiger partial charge on any atom is 0.290 e. The summed E-state index contributed by atoms with van der Waals surface area (Å²) in [4.78, 5) is 22.3. The lowest BCUT2D eigenvalue weighted by Gasteiger charge is -2.21. The van der Waals surface area contributed by atoms with Crippen molar-refractivity contribution in [1.29, 1.82) is 0 Å². The van der Waals surface area contributed by atoms with Gasteiger partial charge in [0.15, 0.2) is 5.78 Å². The lowest BCUT2D eigenvalue weighted by molar-refractivity contribution is -0.122. The summed E-state index contributed by atoms with van der Waals surface area (Å²) in [6, 6.07) is 17.7. The second-order valence-electron chi connectivity index (χ2n) is 8.71. The number of benzene rings is 2. The van der Waals surface area contributed by atoms with Crippen LogP contribution >= 0.6 is 0 Å². The molecule has 0 saturated carbocycles. The smallest absolute Gasteiger partial charge is 0.290 e. The number of aliphatic hydroxyl groups excluding tert-OH is 1. The molecule has 0 spiro atoms. The molecule has 7 nitrogen and oxygen atoms in total. The maximum atomic E-state index is 13.8. The van der Waals surface area contributed by atoms with E-state index in [0.717, 1.165) is 51.9 Å². The van der Waals surface area contributed by atoms with Crippen molar-refractivity contribution in [2.24, 2.45) is 0 Å². The number of hydrogen-bond donors (Lipinski definition) is 2. The highest BCUT2D eigenvalue weighted by Gasteiger charge is 2.27. The van der Waals surface area contributed by atoms with Gasteiger partial charge in [-0.1, -0.05) is 60.5 Å². The zero-order valence-electron chi connectivity index (χ0n) is 20.9. The number of Topliss-reactive ketones (excluding diaryl/α,β-unsaturated/α-hetero) is 1. The van der Waals surface area contributed by atoms with Crippen LogP contribution in [-0.2, 0) is 14.8 Å². The molecule has 1 aliphatic carbocycles. The zero-order chi connectivity index (χ0) is 27.0. The Morgan fingerprint density at radius 3 is 2.24 bits per heavy atom. The lowest BCUT2D eigenvalue weighted by Crippen LogP contribution is -2.13. The van der Waals surface area contributed by atoms with Gasteiger partial charge in [0.2, 0.25) is 0 Å². The SMILES string of the molecule is CCC1=C(c2ccccc2)C(C(=O)c2ccn(S(=O)(=O)c3ccc(C)cc3)c2)=C(O)CCCC1.O=CO. The molecule has 2 N–H and O–H groups in total. The highest BCUT2D eigenvalue weighted by Crippen LogP contribution is 2.37. The Balaban J connectivity index is 0.00000121. The van der Waals surface area contributed by atoms with Crippen LogP contribution in [0.5, 0.6) is 0 Å². The van der Waals surface area contributed by atoms with Crippen LogP contribution in [0.4, 0.5) is 0 Å². The molecule has 4 rings (SSSR count). The van der Waals surface area contributed by atoms with Crippen molar-refractivity contribution in [2.45, 2.75) is 50.8 Å². The van der Waals surface area contributed by atoms with Gasteiger partial charge in [0.25, 0.3) is 16.5 Å². The average Bonchev–Trinajstić information content (AvgIpc) is 3.39. The molecule has 0 unspecified atom stereocenters. The Morgan fingerprint density at radius 1 is 1.00 bits per heavy atom. The number of nitrogens with zero attached hydrogens (tertiary/aromatic N) is 1. The van der Waals surface area contributed by atoms with E-state index in [1.54, 1.807) is 24.3 Å². The molecule has 37 heavy (non-hydrogen) atoms. The highest BCUT2D eigenvalue weighted by atomic mass is 32.2. The fourth-order valence-electron chi connectivity index (χ4n) is 4.39. The van der Waals surface area contributed by atoms with E-state index >= 15 is 0 Å². The summed E-state index contributed by atoms with van der Waals surface area (Å²) in [7, 11) is -3.83. The number of hydrogen-bond acceptors (Lipinski definition) is 5. The number of carboxylic acid groups (broad SMARTS) is 1. The van der Waals surface area contributed by atoms with E-state index in [2.05, 4.69) is 6.92 Å². The van der Waals surface area contributed by atoms with Crippen LogP contribution < -0.4 is 0 Å². The average molecular weight is 522 g/mol. The third-order valence-electron chi connectivity index (χ3n) is 6.28. The van der Waals surface area contributed by atoms with Gasteiger partial charge < -0.3 is 10.2 Å². The Bertz CT molecular complexity index is 1410. The minimum atomic E-state index is -3.83. The van der Waals surface area contributed by atoms with Gasteiger partial charge in [-0.2, -0.15) is 0 Å². The van der Waals surface area contributed by atoms with Crippen molar-refractivity contribution in [1.82, 2.24) is 3.97 Å². The van der Waals surface area contributed by atoms with Gasteiger partial charge in [-0.15, -0.1) is 0 Å². The van der Waals surface area contributed by atoms with Crippen LogP contribution in [0.2, 0.25) is 0 Å². The van der Waals surface area contributed by atoms with E-state index in [9.17, 15) is 18.3 Å². The molecule has 3 aromatic rings. The van der Waals surface area contributed by atoms with Crippen molar-refractivity contribution < 1.29 is 28.2 Å². The molecule has 0 aliphatic heterocycles. The van der Waals surface area contributed by atoms with Crippen LogP contribution in [0.25, 0.3) is 5.57 Å². The Hall–Kier alpha value is -3.91. The summed E-state index contributed by atoms with van der Waals surface area (Å²) in [5.74, 6) is -0.314. The standard InChI is InChI=1S/C28H29NO4S.CH2O2/c1-3-21-9-7-8-12-25(30)27(26(21)22-10-5-4-6-11-22)28(31)23-17-18-29(19-23)34(32,33)24-15-13-20(2)14-16-24;2-1-3/h4-6,10-11,13-19,30H,3,7-9,12H2,1-2H3;1H,(H,2,3). The van der Waals surface area contributed by atoms with Crippen LogP contribution in [0.3, 0.4) is 0 Å². The summed E-state index contributed by atoms with van der Waals surface area (Å²) in [6.45, 7) is 3.70. The number of ketones is 1. The summed E-state index contributed by atoms with van der Waals surface area (Å²) in [5.41, 5.74) is 4.21. The summed E-state index contributed by atoms with van der Waals surface area (Å²) >= 11 is 0. The molecular formula is C29H31NO6S. The third-order valence-corrected chi connectivity index (χ3v) is 7.93. The molecule has 1 aromatic heterocycles. The van der Waals surface area contributed by atoms with E-state index in [-0.39, 0.29) is 34.0 Å². The lowest BCUT2D eigenvalue weighted by atomic mass is 9.83. The second kappa shape index (κ2) is 12.4. The van der Waals surface area contributed by atoms with E-state index < -0.39 is 10.0 Å². The first kappa shape index (κ1) is 27.7. The molecular weight excluding hydrogens is 490 g/mol. The molecule has 0 amide bonds. The van der Waals surface area contributed by atoms with Gasteiger partial charge in [-0.05, 0) is 61.9 Å². The van der Waals surface area contributed by atoms with Gasteiger partial charge >= 0.3 is 0 Å². The molecule has 0 radical (unpaired) electrons. The number of aliphatic hydroxyl groups is 1. The molecule has 0 bridgehead atoms. The molecule has 1 heterocycles. The van der Waals surface area contributed by atoms with E-state index in [1.165, 1.54) is 18.5 Å². The molecule has 194 valence electrons. The zero-order valence-corrected chi connectivity index (χ0v) is 21.7. The minimum Gasteiger partial charge on any atom is -0.512 e. The number of aryl methyl sites for hydroxylation is 1. The van der Waals surface area contributed by atoms with Gasteiger partial charge in [0.1, 0.15) is 5.76 Å². The van der Waals surface area contributed by atoms with E-state index in [0.29, 0.717) is 6.42 Å². The largest absolute Gasteiger partial charge is 0.512 e. The Kier molecular flexibility index (Phi) is 9.25. The molecule has 0 saturated heterocycles. The Morgan fingerprint density at radius 2 is 1.62 bits per heavy atom. The topological polar surface area (TPSA) is 114 Å². The van der Waals surface area contributed by atoms with Crippen molar-refractivity contribution in [3.8, 4) is 0 Å². The van der Waals surface area contributed by atoms with Gasteiger partial charge in [0, 0.05) is 24.4 Å². The molecule has 0 fully saturated rings. The third kappa shape index (κ3) is 6.27. The first-order chi connectivity index (χ1) is 17.7. The minimum absolute atomic E-state index is 0.0589. The summed E-state index contributed by atoms with van der Waals surface area (Å²) in [5, 5.41) is 17.9. The van der Waals surface area contributed by atoms with E-state index in [1.807, 2.05) is 37.3 Å². The van der Waals surface area contributed by atoms with Gasteiger partial charge in [-0.25, -0.2) is 12.4 Å². The van der Waals surface area contributed by atoms with Crippen LogP contribution in [-0.4, -0.2) is 34.9 Å². The van der Waals surface area contributed by atoms with E-state index in [4.69, 9.17) is 9.90 Å². The molecule has 2 aromatic carbocycles. The van der Waals surface area contributed by atoms with Crippen LogP contribution in [0, 0.1) is 6.92 Å². The predicted molar refractivity (Wildman–Crippen MR) is 143 cm³/mol. The summed E-state index contributed by atoms with van der Waals surface area (Å²) < 4.78 is 27.2. The number of aromatic nitrogens is 1. The van der Waals surface area contributed by atoms with Gasteiger partial charge in [0.05, 0.1) is 10.5 Å². The maximum absolute atomic E-state index is 13.8. The highest BCUT2D eigenvalue weighted by molar-refractivity contribution is 7.90. The molecule has 8 heteroatoms. The van der Waals surface area contributed by atoms with Crippen molar-refractivity contribution in [3.05, 3.63) is 107 Å². The van der Waals surface area contributed by atoms with Crippen molar-refractivity contribution in [2.75, 3.05) is 0 Å². The fourth-order valence-corrected chi connectivity index (χ4v) is 5.59. The van der Waals surface area contributed by atoms with Crippen LogP contribution in [0.15, 0.2) is 94.9 Å². The Labute approximate surface area is 217 Å². The number of allylic oxidation sites excluding steroid dienone is 4. The normalized spacial score (nSPS) is 14.3. The summed E-state index contributed by atoms with van der Waals surface area (Å²) in [6.07, 6.45) is 6.48. The monoisotopic (exact) mass is 521 g/mol. The first-order valence-corrected chi connectivity index (χ1v) is 13.5. The van der Waals surface area contributed by atoms with Gasteiger partial charge in [-0.3, -0.25) is 9.59 Å². The number of carbonyl (C=O) groups excluding carboxylic acids is 1. The van der Waals surface area contributed by atoms with Crippen molar-refractivity contribution >= 4 is 27.9 Å². The molecule has 1 aliphatic rings. The fraction of sp³-hybridized carbons (Fsp3) is 0.241. The number of carbonyl (C=O) groups is 2. The van der Waals surface area contributed by atoms with Crippen LogP contribution in [0.1, 0.15) is 60.5 Å².